The summed E-state index contributed by atoms with van der Waals surface area (Å²) in [5.41, 5.74) is 0. The van der Waals surface area contributed by atoms with E-state index in [2.05, 4.69) is 5.32 Å². The van der Waals surface area contributed by atoms with Gasteiger partial charge in [-0.1, -0.05) is 13.8 Å². The average molecular weight is 291 g/mol. The number of rotatable bonds is 5. The largest absolute Gasteiger partial charge is 0.356 e. The molecule has 19 heavy (non-hydrogen) atoms. The highest BCUT2D eigenvalue weighted by Gasteiger charge is 2.31. The van der Waals surface area contributed by atoms with Gasteiger partial charge in [-0.3, -0.25) is 4.79 Å². The molecule has 0 aromatic rings. The lowest BCUT2D eigenvalue weighted by Crippen LogP contribution is -2.47. The van der Waals surface area contributed by atoms with Crippen LogP contribution in [0.5, 0.6) is 0 Å². The zero-order valence-corrected chi connectivity index (χ0v) is 13.0. The number of carbonyl (C=O) groups excluding carboxylic acids is 1. The van der Waals surface area contributed by atoms with Crippen molar-refractivity contribution < 1.29 is 13.2 Å². The van der Waals surface area contributed by atoms with E-state index in [0.29, 0.717) is 38.4 Å². The van der Waals surface area contributed by atoms with E-state index in [0.717, 1.165) is 0 Å². The second-order valence-corrected chi connectivity index (χ2v) is 7.74. The number of carbonyl (C=O) groups is 1. The first-order chi connectivity index (χ1) is 8.75. The number of nitrogens with zero attached hydrogens (tertiary/aromatic N) is 2. The lowest BCUT2D eigenvalue weighted by Gasteiger charge is -2.32. The van der Waals surface area contributed by atoms with E-state index in [-0.39, 0.29) is 11.8 Å². The summed E-state index contributed by atoms with van der Waals surface area (Å²) in [6.45, 7) is 5.61. The van der Waals surface area contributed by atoms with Crippen LogP contribution in [0, 0.1) is 11.8 Å². The number of piperidine rings is 1. The van der Waals surface area contributed by atoms with E-state index >= 15 is 0 Å². The Morgan fingerprint density at radius 3 is 2.26 bits per heavy atom. The van der Waals surface area contributed by atoms with Crippen molar-refractivity contribution in [1.82, 2.24) is 13.9 Å². The predicted octanol–water partition coefficient (Wildman–Crippen LogP) is 0.277. The van der Waals surface area contributed by atoms with Crippen molar-refractivity contribution in [1.29, 1.82) is 0 Å². The molecule has 1 aliphatic heterocycles. The first-order valence-electron chi connectivity index (χ1n) is 6.70. The van der Waals surface area contributed by atoms with E-state index in [1.807, 2.05) is 13.8 Å². The minimum absolute atomic E-state index is 0.0515. The smallest absolute Gasteiger partial charge is 0.281 e. The summed E-state index contributed by atoms with van der Waals surface area (Å²) in [4.78, 5) is 11.9. The van der Waals surface area contributed by atoms with E-state index in [9.17, 15) is 13.2 Å². The number of hydrogen-bond acceptors (Lipinski definition) is 3. The van der Waals surface area contributed by atoms with Crippen LogP contribution in [0.25, 0.3) is 0 Å². The lowest BCUT2D eigenvalue weighted by atomic mass is 9.97. The molecule has 112 valence electrons. The quantitative estimate of drug-likeness (QED) is 0.791. The van der Waals surface area contributed by atoms with Gasteiger partial charge in [0.15, 0.2) is 0 Å². The summed E-state index contributed by atoms with van der Waals surface area (Å²) < 4.78 is 26.5. The SMILES string of the molecule is CC(C)CNC(=O)C1CCN(S(=O)(=O)N(C)C)CC1. The monoisotopic (exact) mass is 291 g/mol. The summed E-state index contributed by atoms with van der Waals surface area (Å²) in [5, 5.41) is 2.91. The van der Waals surface area contributed by atoms with Crippen LogP contribution in [0.3, 0.4) is 0 Å². The van der Waals surface area contributed by atoms with Crippen molar-refractivity contribution >= 4 is 16.1 Å². The Balaban J connectivity index is 2.47. The Hall–Kier alpha value is -0.660. The van der Waals surface area contributed by atoms with Gasteiger partial charge in [0.1, 0.15) is 0 Å². The summed E-state index contributed by atoms with van der Waals surface area (Å²) >= 11 is 0. The zero-order valence-electron chi connectivity index (χ0n) is 12.2. The fourth-order valence-electron chi connectivity index (χ4n) is 2.03. The molecule has 1 N–H and O–H groups in total. The second kappa shape index (κ2) is 6.67. The molecule has 1 saturated heterocycles. The van der Waals surface area contributed by atoms with Crippen LogP contribution in [0.15, 0.2) is 0 Å². The third-order valence-corrected chi connectivity index (χ3v) is 5.24. The lowest BCUT2D eigenvalue weighted by molar-refractivity contribution is -0.126. The standard InChI is InChI=1S/C12H25N3O3S/c1-10(2)9-13-12(16)11-5-7-15(8-6-11)19(17,18)14(3)4/h10-11H,5-9H2,1-4H3,(H,13,16). The van der Waals surface area contributed by atoms with Gasteiger partial charge in [-0.25, -0.2) is 0 Å². The summed E-state index contributed by atoms with van der Waals surface area (Å²) in [6, 6.07) is 0. The van der Waals surface area contributed by atoms with Crippen LogP contribution in [-0.4, -0.2) is 56.7 Å². The van der Waals surface area contributed by atoms with Gasteiger partial charge in [0.05, 0.1) is 0 Å². The minimum Gasteiger partial charge on any atom is -0.356 e. The molecule has 7 heteroatoms. The topological polar surface area (TPSA) is 69.7 Å². The summed E-state index contributed by atoms with van der Waals surface area (Å²) in [7, 11) is -0.291. The van der Waals surface area contributed by atoms with Crippen molar-refractivity contribution in [2.75, 3.05) is 33.7 Å². The number of hydrogen-bond donors (Lipinski definition) is 1. The van der Waals surface area contributed by atoms with Crippen molar-refractivity contribution in [3.05, 3.63) is 0 Å². The highest BCUT2D eigenvalue weighted by atomic mass is 32.2. The van der Waals surface area contributed by atoms with Gasteiger partial charge < -0.3 is 5.32 Å². The summed E-state index contributed by atoms with van der Waals surface area (Å²) in [6.07, 6.45) is 1.19. The van der Waals surface area contributed by atoms with Gasteiger partial charge in [0.2, 0.25) is 5.91 Å². The van der Waals surface area contributed by atoms with Gasteiger partial charge in [-0.15, -0.1) is 0 Å². The Morgan fingerprint density at radius 2 is 1.84 bits per heavy atom. The van der Waals surface area contributed by atoms with Crippen LogP contribution >= 0.6 is 0 Å². The first-order valence-corrected chi connectivity index (χ1v) is 8.10. The van der Waals surface area contributed by atoms with Gasteiger partial charge >= 0.3 is 0 Å². The maximum absolute atomic E-state index is 11.9. The fraction of sp³-hybridized carbons (Fsp3) is 0.917. The second-order valence-electron chi connectivity index (χ2n) is 5.60. The zero-order chi connectivity index (χ0) is 14.6. The molecule has 1 amide bonds. The molecule has 1 aliphatic rings. The van der Waals surface area contributed by atoms with Gasteiger partial charge in [0, 0.05) is 39.6 Å². The van der Waals surface area contributed by atoms with E-state index in [1.165, 1.54) is 22.7 Å². The van der Waals surface area contributed by atoms with Crippen LogP contribution < -0.4 is 5.32 Å². The van der Waals surface area contributed by atoms with Crippen LogP contribution in [0.4, 0.5) is 0 Å². The average Bonchev–Trinajstić information content (AvgIpc) is 2.35. The molecule has 1 fully saturated rings. The van der Waals surface area contributed by atoms with E-state index in [1.54, 1.807) is 0 Å². The molecular formula is C12H25N3O3S. The normalized spacial score (nSPS) is 19.1. The van der Waals surface area contributed by atoms with Crippen LogP contribution in [0.2, 0.25) is 0 Å². The molecule has 0 spiro atoms. The third-order valence-electron chi connectivity index (χ3n) is 3.30. The number of nitrogens with one attached hydrogen (secondary N) is 1. The predicted molar refractivity (Wildman–Crippen MR) is 74.8 cm³/mol. The number of amides is 1. The first kappa shape index (κ1) is 16.4. The summed E-state index contributed by atoms with van der Waals surface area (Å²) in [5.74, 6) is 0.418. The molecule has 0 radical (unpaired) electrons. The maximum Gasteiger partial charge on any atom is 0.281 e. The molecule has 1 rings (SSSR count). The Morgan fingerprint density at radius 1 is 1.32 bits per heavy atom. The molecule has 6 nitrogen and oxygen atoms in total. The molecule has 0 bridgehead atoms. The maximum atomic E-state index is 11.9. The molecule has 0 aromatic carbocycles. The molecule has 0 saturated carbocycles. The van der Waals surface area contributed by atoms with Crippen molar-refractivity contribution in [3.8, 4) is 0 Å². The van der Waals surface area contributed by atoms with Crippen molar-refractivity contribution in [3.63, 3.8) is 0 Å². The molecule has 1 heterocycles. The highest BCUT2D eigenvalue weighted by molar-refractivity contribution is 7.86. The molecular weight excluding hydrogens is 266 g/mol. The van der Waals surface area contributed by atoms with Crippen molar-refractivity contribution in [2.45, 2.75) is 26.7 Å². The van der Waals surface area contributed by atoms with Crippen molar-refractivity contribution in [2.24, 2.45) is 11.8 Å². The van der Waals surface area contributed by atoms with Gasteiger partial charge in [-0.05, 0) is 18.8 Å². The van der Waals surface area contributed by atoms with Crippen LogP contribution in [-0.2, 0) is 15.0 Å². The Bertz CT molecular complexity index is 398. The van der Waals surface area contributed by atoms with Gasteiger partial charge in [-0.2, -0.15) is 17.0 Å². The Labute approximate surface area is 116 Å². The van der Waals surface area contributed by atoms with Crippen LogP contribution in [0.1, 0.15) is 26.7 Å². The van der Waals surface area contributed by atoms with E-state index in [4.69, 9.17) is 0 Å². The molecule has 0 aliphatic carbocycles. The van der Waals surface area contributed by atoms with E-state index < -0.39 is 10.2 Å². The highest BCUT2D eigenvalue weighted by Crippen LogP contribution is 2.20. The molecule has 0 unspecified atom stereocenters. The third kappa shape index (κ3) is 4.43. The minimum atomic E-state index is -3.34. The van der Waals surface area contributed by atoms with Gasteiger partial charge in [0.25, 0.3) is 10.2 Å². The molecule has 0 aromatic heterocycles. The Kier molecular flexibility index (Phi) is 5.76. The fourth-order valence-corrected chi connectivity index (χ4v) is 3.16. The molecule has 0 atom stereocenters.